The van der Waals surface area contributed by atoms with Crippen LogP contribution in [-0.4, -0.2) is 75.5 Å². The van der Waals surface area contributed by atoms with E-state index in [9.17, 15) is 19.5 Å². The molecule has 8 heteroatoms. The zero-order valence-corrected chi connectivity index (χ0v) is 43.2. The molecule has 0 radical (unpaired) electrons. The SMILES string of the molecule is CCCCCCCCCCC/C=C/CCCCCCCCCC(=O)OCC(COCCC(C(=O)[O-])[N+](C)(C)C)OC(=O)CCCCCCCCCCCCCCCCCCCCCC. The summed E-state index contributed by atoms with van der Waals surface area (Å²) in [7, 11) is 5.43. The molecule has 0 saturated heterocycles. The highest BCUT2D eigenvalue weighted by Gasteiger charge is 2.25. The van der Waals surface area contributed by atoms with Crippen molar-refractivity contribution in [3.8, 4) is 0 Å². The number of carboxylic acid groups (broad SMARTS) is 1. The minimum Gasteiger partial charge on any atom is -0.544 e. The van der Waals surface area contributed by atoms with Crippen molar-refractivity contribution in [1.29, 1.82) is 0 Å². The van der Waals surface area contributed by atoms with Crippen molar-refractivity contribution in [3.63, 3.8) is 0 Å². The largest absolute Gasteiger partial charge is 0.544 e. The molecule has 0 bridgehead atoms. The van der Waals surface area contributed by atoms with E-state index in [0.717, 1.165) is 38.5 Å². The van der Waals surface area contributed by atoms with Crippen LogP contribution in [0.2, 0.25) is 0 Å². The topological polar surface area (TPSA) is 102 Å². The molecule has 0 aliphatic carbocycles. The molecule has 0 amide bonds. The maximum absolute atomic E-state index is 12.8. The molecule has 378 valence electrons. The Labute approximate surface area is 397 Å². The van der Waals surface area contributed by atoms with Crippen molar-refractivity contribution in [2.75, 3.05) is 41.0 Å². The molecule has 0 N–H and O–H groups in total. The van der Waals surface area contributed by atoms with Crippen LogP contribution in [0, 0.1) is 0 Å². The van der Waals surface area contributed by atoms with Crippen molar-refractivity contribution in [3.05, 3.63) is 12.2 Å². The summed E-state index contributed by atoms with van der Waals surface area (Å²) in [6.45, 7) is 4.72. The lowest BCUT2D eigenvalue weighted by atomic mass is 10.0. The van der Waals surface area contributed by atoms with E-state index in [1.165, 1.54) is 205 Å². The number of carbonyl (C=O) groups excluding carboxylic acids is 3. The lowest BCUT2D eigenvalue weighted by Gasteiger charge is -2.34. The fourth-order valence-electron chi connectivity index (χ4n) is 8.60. The number of quaternary nitrogens is 1. The van der Waals surface area contributed by atoms with Crippen molar-refractivity contribution in [2.24, 2.45) is 0 Å². The molecule has 8 nitrogen and oxygen atoms in total. The molecule has 0 fully saturated rings. The Balaban J connectivity index is 4.17. The molecule has 0 rings (SSSR count). The molecule has 0 aromatic heterocycles. The van der Waals surface area contributed by atoms with Gasteiger partial charge in [-0.25, -0.2) is 0 Å². The van der Waals surface area contributed by atoms with Gasteiger partial charge in [0.1, 0.15) is 12.6 Å². The second kappa shape index (κ2) is 47.6. The Bertz CT molecular complexity index is 1060. The van der Waals surface area contributed by atoms with Crippen LogP contribution >= 0.6 is 0 Å². The van der Waals surface area contributed by atoms with Gasteiger partial charge in [-0.1, -0.05) is 231 Å². The second-order valence-electron chi connectivity index (χ2n) is 20.2. The van der Waals surface area contributed by atoms with E-state index >= 15 is 0 Å². The van der Waals surface area contributed by atoms with Gasteiger partial charge in [0.15, 0.2) is 6.10 Å². The Morgan fingerprint density at radius 1 is 0.453 bits per heavy atom. The van der Waals surface area contributed by atoms with Crippen LogP contribution in [-0.2, 0) is 28.6 Å². The van der Waals surface area contributed by atoms with Gasteiger partial charge in [0.2, 0.25) is 0 Å². The van der Waals surface area contributed by atoms with Gasteiger partial charge in [-0.3, -0.25) is 9.59 Å². The number of esters is 2. The van der Waals surface area contributed by atoms with Crippen LogP contribution in [0.4, 0.5) is 0 Å². The number of hydrogen-bond acceptors (Lipinski definition) is 7. The smallest absolute Gasteiger partial charge is 0.306 e. The molecular formula is C56H107NO7. The van der Waals surface area contributed by atoms with Crippen LogP contribution in [0.1, 0.15) is 277 Å². The first-order valence-corrected chi connectivity index (χ1v) is 27.7. The number of unbranched alkanes of at least 4 members (excludes halogenated alkanes) is 35. The summed E-state index contributed by atoms with van der Waals surface area (Å²) >= 11 is 0. The van der Waals surface area contributed by atoms with Gasteiger partial charge in [0, 0.05) is 19.3 Å². The highest BCUT2D eigenvalue weighted by molar-refractivity contribution is 5.70. The summed E-state index contributed by atoms with van der Waals surface area (Å²) in [5.74, 6) is -1.72. The standard InChI is InChI=1S/C56H107NO7/c1-6-8-10-12-14-16-18-20-22-24-26-28-30-32-34-36-38-40-42-44-46-54(58)63-51-52(50-62-49-48-53(56(60)61)57(3,4)5)64-55(59)47-45-43-41-39-37-35-33-31-29-27-25-23-21-19-17-15-13-11-9-7-2/h26,28,52-53H,6-25,27,29-51H2,1-5H3/b28-26+. The number of likely N-dealkylation sites (N-methyl/N-ethyl adjacent to an activating group) is 1. The van der Waals surface area contributed by atoms with Crippen LogP contribution < -0.4 is 5.11 Å². The van der Waals surface area contributed by atoms with E-state index in [-0.39, 0.29) is 42.7 Å². The van der Waals surface area contributed by atoms with E-state index in [2.05, 4.69) is 26.0 Å². The number of carbonyl (C=O) groups is 3. The predicted molar refractivity (Wildman–Crippen MR) is 268 cm³/mol. The Hall–Kier alpha value is -1.93. The zero-order valence-electron chi connectivity index (χ0n) is 43.2. The van der Waals surface area contributed by atoms with Crippen LogP contribution in [0.5, 0.6) is 0 Å². The second-order valence-corrected chi connectivity index (χ2v) is 20.2. The normalized spacial score (nSPS) is 12.8. The third-order valence-electron chi connectivity index (χ3n) is 12.9. The summed E-state index contributed by atoms with van der Waals surface area (Å²) in [5, 5.41) is 11.7. The van der Waals surface area contributed by atoms with E-state index in [1.54, 1.807) is 0 Å². The summed E-state index contributed by atoms with van der Waals surface area (Å²) in [4.78, 5) is 37.1. The summed E-state index contributed by atoms with van der Waals surface area (Å²) in [6.07, 6.45) is 53.9. The molecule has 0 heterocycles. The number of nitrogens with zero attached hydrogens (tertiary/aromatic N) is 1. The van der Waals surface area contributed by atoms with Crippen LogP contribution in [0.3, 0.4) is 0 Å². The molecule has 2 atom stereocenters. The fraction of sp³-hybridized carbons (Fsp3) is 0.911. The Morgan fingerprint density at radius 2 is 0.781 bits per heavy atom. The van der Waals surface area contributed by atoms with Crippen LogP contribution in [0.25, 0.3) is 0 Å². The van der Waals surface area contributed by atoms with Crippen molar-refractivity contribution in [2.45, 2.75) is 289 Å². The third kappa shape index (κ3) is 45.2. The molecule has 64 heavy (non-hydrogen) atoms. The maximum Gasteiger partial charge on any atom is 0.306 e. The van der Waals surface area contributed by atoms with Crippen molar-refractivity contribution in [1.82, 2.24) is 0 Å². The van der Waals surface area contributed by atoms with Gasteiger partial charge in [-0.05, 0) is 38.5 Å². The monoisotopic (exact) mass is 906 g/mol. The fourth-order valence-corrected chi connectivity index (χ4v) is 8.60. The minimum absolute atomic E-state index is 0.0459. The predicted octanol–water partition coefficient (Wildman–Crippen LogP) is 14.9. The quantitative estimate of drug-likeness (QED) is 0.0259. The summed E-state index contributed by atoms with van der Waals surface area (Å²) in [6, 6.07) is -0.723. The van der Waals surface area contributed by atoms with Gasteiger partial charge in [-0.15, -0.1) is 0 Å². The molecule has 0 aliphatic heterocycles. The average Bonchev–Trinajstić information content (AvgIpc) is 3.26. The number of carboxylic acids is 1. The first-order valence-electron chi connectivity index (χ1n) is 27.7. The van der Waals surface area contributed by atoms with Gasteiger partial charge >= 0.3 is 11.9 Å². The minimum atomic E-state index is -1.12. The molecule has 0 aromatic rings. The lowest BCUT2D eigenvalue weighted by Crippen LogP contribution is -2.55. The van der Waals surface area contributed by atoms with Gasteiger partial charge < -0.3 is 28.6 Å². The first kappa shape index (κ1) is 62.1. The van der Waals surface area contributed by atoms with E-state index in [4.69, 9.17) is 14.2 Å². The number of rotatable bonds is 51. The van der Waals surface area contributed by atoms with E-state index in [0.29, 0.717) is 12.8 Å². The zero-order chi connectivity index (χ0) is 47.0. The van der Waals surface area contributed by atoms with Crippen LogP contribution in [0.15, 0.2) is 12.2 Å². The molecule has 0 spiro atoms. The molecule has 2 unspecified atom stereocenters. The number of allylic oxidation sites excluding steroid dienone is 2. The van der Waals surface area contributed by atoms with E-state index in [1.807, 2.05) is 21.1 Å². The van der Waals surface area contributed by atoms with Crippen molar-refractivity contribution >= 4 is 17.9 Å². The molecular weight excluding hydrogens is 799 g/mol. The van der Waals surface area contributed by atoms with Gasteiger partial charge in [0.05, 0.1) is 40.3 Å². The first-order chi connectivity index (χ1) is 31.1. The average molecular weight is 906 g/mol. The maximum atomic E-state index is 12.8. The highest BCUT2D eigenvalue weighted by Crippen LogP contribution is 2.17. The van der Waals surface area contributed by atoms with E-state index < -0.39 is 18.1 Å². The number of ether oxygens (including phenoxy) is 3. The summed E-state index contributed by atoms with van der Waals surface area (Å²) in [5.41, 5.74) is 0. The molecule has 0 aliphatic rings. The Kier molecular flexibility index (Phi) is 46.1. The van der Waals surface area contributed by atoms with Crippen molar-refractivity contribution < 1.29 is 38.2 Å². The number of hydrogen-bond donors (Lipinski definition) is 0. The summed E-state index contributed by atoms with van der Waals surface area (Å²) < 4.78 is 17.3. The highest BCUT2D eigenvalue weighted by atomic mass is 16.6. The van der Waals surface area contributed by atoms with Gasteiger partial charge in [0.25, 0.3) is 0 Å². The molecule has 0 saturated carbocycles. The van der Waals surface area contributed by atoms with Gasteiger partial charge in [-0.2, -0.15) is 0 Å². The Morgan fingerprint density at radius 3 is 1.12 bits per heavy atom. The lowest BCUT2D eigenvalue weighted by molar-refractivity contribution is -0.889. The number of aliphatic carboxylic acids is 1. The molecule has 0 aromatic carbocycles. The third-order valence-corrected chi connectivity index (χ3v) is 12.9.